The molecule has 20 heavy (non-hydrogen) atoms. The zero-order valence-electron chi connectivity index (χ0n) is 11.3. The molecule has 1 aromatic heterocycles. The lowest BCUT2D eigenvalue weighted by atomic mass is 10.1. The second-order valence-electron chi connectivity index (χ2n) is 4.49. The topological polar surface area (TPSA) is 54.7 Å². The summed E-state index contributed by atoms with van der Waals surface area (Å²) in [4.78, 5) is 4.09. The number of oxime groups is 1. The van der Waals surface area contributed by atoms with Crippen LogP contribution in [0, 0.1) is 6.92 Å². The summed E-state index contributed by atoms with van der Waals surface area (Å²) >= 11 is 3.38. The monoisotopic (exact) mass is 334 g/mol. The number of aryl methyl sites for hydroxylation is 1. The van der Waals surface area contributed by atoms with Crippen molar-refractivity contribution < 1.29 is 9.94 Å². The maximum atomic E-state index is 8.94. The maximum absolute atomic E-state index is 8.94. The molecule has 0 aliphatic rings. The fraction of sp³-hybridized carbons (Fsp3) is 0.200. The first-order valence-electron chi connectivity index (χ1n) is 6.12. The smallest absolute Gasteiger partial charge is 0.128 e. The number of rotatable bonds is 4. The number of nitrogens with zero attached hydrogens (tertiary/aromatic N) is 2. The number of benzene rings is 1. The molecule has 2 aromatic rings. The molecule has 1 heterocycles. The van der Waals surface area contributed by atoms with Gasteiger partial charge in [0, 0.05) is 28.0 Å². The molecule has 4 nitrogen and oxygen atoms in total. The Kier molecular flexibility index (Phi) is 4.74. The zero-order valence-corrected chi connectivity index (χ0v) is 12.9. The first-order valence-corrected chi connectivity index (χ1v) is 6.91. The van der Waals surface area contributed by atoms with Crippen LogP contribution in [0.2, 0.25) is 0 Å². The van der Waals surface area contributed by atoms with Gasteiger partial charge in [0.2, 0.25) is 0 Å². The van der Waals surface area contributed by atoms with Gasteiger partial charge in [-0.2, -0.15) is 0 Å². The molecule has 0 fully saturated rings. The highest BCUT2D eigenvalue weighted by molar-refractivity contribution is 9.10. The molecule has 5 heteroatoms. The van der Waals surface area contributed by atoms with E-state index in [0.717, 1.165) is 21.2 Å². The van der Waals surface area contributed by atoms with Crippen LogP contribution in [0.3, 0.4) is 0 Å². The van der Waals surface area contributed by atoms with Crippen LogP contribution in [0.1, 0.15) is 23.6 Å². The van der Waals surface area contributed by atoms with E-state index in [0.29, 0.717) is 18.1 Å². The molecule has 0 saturated heterocycles. The van der Waals surface area contributed by atoms with Crippen molar-refractivity contribution in [2.24, 2.45) is 5.16 Å². The van der Waals surface area contributed by atoms with Gasteiger partial charge in [-0.05, 0) is 48.0 Å². The van der Waals surface area contributed by atoms with Crippen molar-refractivity contribution >= 4 is 21.6 Å². The summed E-state index contributed by atoms with van der Waals surface area (Å²) in [5.41, 5.74) is 3.36. The molecule has 0 saturated carbocycles. The number of pyridine rings is 1. The third-order valence-corrected chi connectivity index (χ3v) is 3.26. The molecule has 1 N–H and O–H groups in total. The van der Waals surface area contributed by atoms with E-state index in [1.54, 1.807) is 19.3 Å². The normalized spacial score (nSPS) is 11.4. The van der Waals surface area contributed by atoms with Crippen LogP contribution in [0.25, 0.3) is 0 Å². The lowest BCUT2D eigenvalue weighted by Crippen LogP contribution is -2.03. The Bertz CT molecular complexity index is 642. The molecule has 0 amide bonds. The Morgan fingerprint density at radius 3 is 2.85 bits per heavy atom. The van der Waals surface area contributed by atoms with Crippen LogP contribution in [0.4, 0.5) is 0 Å². The first-order chi connectivity index (χ1) is 9.60. The van der Waals surface area contributed by atoms with Crippen LogP contribution in [-0.4, -0.2) is 15.9 Å². The third kappa shape index (κ3) is 3.57. The molecule has 0 spiro atoms. The number of ether oxygens (including phenoxy) is 1. The van der Waals surface area contributed by atoms with Crippen molar-refractivity contribution in [1.29, 1.82) is 0 Å². The van der Waals surface area contributed by atoms with Crippen LogP contribution in [0.15, 0.2) is 46.3 Å². The fourth-order valence-corrected chi connectivity index (χ4v) is 2.21. The summed E-state index contributed by atoms with van der Waals surface area (Å²) in [6.45, 7) is 4.12. The summed E-state index contributed by atoms with van der Waals surface area (Å²) < 4.78 is 6.72. The predicted molar refractivity (Wildman–Crippen MR) is 81.4 cm³/mol. The summed E-state index contributed by atoms with van der Waals surface area (Å²) in [6.07, 6.45) is 3.48. The molecule has 1 aromatic carbocycles. The number of aromatic nitrogens is 1. The van der Waals surface area contributed by atoms with Gasteiger partial charge in [-0.3, -0.25) is 4.98 Å². The second-order valence-corrected chi connectivity index (χ2v) is 5.40. The molecular weight excluding hydrogens is 320 g/mol. The van der Waals surface area contributed by atoms with E-state index in [-0.39, 0.29) is 0 Å². The Balaban J connectivity index is 2.21. The lowest BCUT2D eigenvalue weighted by Gasteiger charge is -2.11. The third-order valence-electron chi connectivity index (χ3n) is 2.83. The van der Waals surface area contributed by atoms with Gasteiger partial charge >= 0.3 is 0 Å². The highest BCUT2D eigenvalue weighted by Gasteiger charge is 2.08. The standard InChI is InChI=1S/C15H15BrN2O2/c1-10-3-4-15(14(5-10)11(2)18-19)20-9-12-6-13(16)8-17-7-12/h3-8,19H,9H2,1-2H3/b18-11-. The number of halogens is 1. The minimum Gasteiger partial charge on any atom is -0.488 e. The quantitative estimate of drug-likeness (QED) is 0.523. The van der Waals surface area contributed by atoms with Crippen molar-refractivity contribution in [2.75, 3.05) is 0 Å². The Hall–Kier alpha value is -1.88. The molecule has 104 valence electrons. The summed E-state index contributed by atoms with van der Waals surface area (Å²) in [5.74, 6) is 0.686. The average Bonchev–Trinajstić information content (AvgIpc) is 2.45. The molecule has 0 radical (unpaired) electrons. The molecule has 0 bridgehead atoms. The summed E-state index contributed by atoms with van der Waals surface area (Å²) in [6, 6.07) is 7.73. The highest BCUT2D eigenvalue weighted by Crippen LogP contribution is 2.22. The van der Waals surface area contributed by atoms with Crippen molar-refractivity contribution in [3.05, 3.63) is 57.8 Å². The minimum atomic E-state index is 0.404. The fourth-order valence-electron chi connectivity index (χ4n) is 1.80. The first kappa shape index (κ1) is 14.5. The second kappa shape index (κ2) is 6.52. The average molecular weight is 335 g/mol. The highest BCUT2D eigenvalue weighted by atomic mass is 79.9. The molecule has 0 aliphatic carbocycles. The van der Waals surface area contributed by atoms with Gasteiger partial charge in [-0.25, -0.2) is 0 Å². The Morgan fingerprint density at radius 2 is 2.15 bits per heavy atom. The molecule has 2 rings (SSSR count). The van der Waals surface area contributed by atoms with Gasteiger partial charge in [-0.1, -0.05) is 16.8 Å². The number of hydrogen-bond acceptors (Lipinski definition) is 4. The molecule has 0 aliphatic heterocycles. The van der Waals surface area contributed by atoms with Crippen molar-refractivity contribution in [3.8, 4) is 5.75 Å². The van der Waals surface area contributed by atoms with Crippen LogP contribution < -0.4 is 4.74 Å². The molecule has 0 atom stereocenters. The van der Waals surface area contributed by atoms with E-state index in [1.165, 1.54) is 0 Å². The Labute approximate surface area is 126 Å². The lowest BCUT2D eigenvalue weighted by molar-refractivity contribution is 0.303. The van der Waals surface area contributed by atoms with Crippen LogP contribution in [0.5, 0.6) is 5.75 Å². The van der Waals surface area contributed by atoms with Gasteiger partial charge in [-0.15, -0.1) is 0 Å². The van der Waals surface area contributed by atoms with E-state index in [2.05, 4.69) is 26.1 Å². The van der Waals surface area contributed by atoms with Gasteiger partial charge in [0.15, 0.2) is 0 Å². The molecule has 0 unspecified atom stereocenters. The van der Waals surface area contributed by atoms with Crippen molar-refractivity contribution in [3.63, 3.8) is 0 Å². The van der Waals surface area contributed by atoms with Gasteiger partial charge in [0.25, 0.3) is 0 Å². The van der Waals surface area contributed by atoms with Crippen LogP contribution >= 0.6 is 15.9 Å². The SMILES string of the molecule is C/C(=N/O)c1cc(C)ccc1OCc1cncc(Br)c1. The van der Waals surface area contributed by atoms with E-state index in [4.69, 9.17) is 9.94 Å². The summed E-state index contributed by atoms with van der Waals surface area (Å²) in [5, 5.41) is 12.2. The Morgan fingerprint density at radius 1 is 1.35 bits per heavy atom. The maximum Gasteiger partial charge on any atom is 0.128 e. The molecular formula is C15H15BrN2O2. The van der Waals surface area contributed by atoms with Crippen molar-refractivity contribution in [2.45, 2.75) is 20.5 Å². The largest absolute Gasteiger partial charge is 0.488 e. The predicted octanol–water partition coefficient (Wildman–Crippen LogP) is 3.93. The van der Waals surface area contributed by atoms with Gasteiger partial charge in [0.1, 0.15) is 12.4 Å². The van der Waals surface area contributed by atoms with Crippen LogP contribution in [-0.2, 0) is 6.61 Å². The number of hydrogen-bond donors (Lipinski definition) is 1. The van der Waals surface area contributed by atoms with E-state index < -0.39 is 0 Å². The van der Waals surface area contributed by atoms with E-state index >= 15 is 0 Å². The zero-order chi connectivity index (χ0) is 14.5. The van der Waals surface area contributed by atoms with Gasteiger partial charge in [0.05, 0.1) is 5.71 Å². The summed E-state index contributed by atoms with van der Waals surface area (Å²) in [7, 11) is 0. The van der Waals surface area contributed by atoms with E-state index in [1.807, 2.05) is 31.2 Å². The van der Waals surface area contributed by atoms with E-state index in [9.17, 15) is 0 Å². The van der Waals surface area contributed by atoms with Crippen molar-refractivity contribution in [1.82, 2.24) is 4.98 Å². The minimum absolute atomic E-state index is 0.404. The van der Waals surface area contributed by atoms with Gasteiger partial charge < -0.3 is 9.94 Å².